The Kier molecular flexibility index (Phi) is 4.68. The first-order valence-corrected chi connectivity index (χ1v) is 8.00. The second-order valence-corrected chi connectivity index (χ2v) is 5.87. The molecule has 0 aliphatic carbocycles. The molecule has 5 nitrogen and oxygen atoms in total. The van der Waals surface area contributed by atoms with Crippen LogP contribution in [-0.4, -0.2) is 28.2 Å². The number of benzene rings is 2. The van der Waals surface area contributed by atoms with Crippen molar-refractivity contribution >= 4 is 34.4 Å². The first-order valence-electron chi connectivity index (χ1n) is 6.80. The number of nitrogens with zero attached hydrogens (tertiary/aromatic N) is 3. The van der Waals surface area contributed by atoms with Crippen molar-refractivity contribution in [3.63, 3.8) is 0 Å². The average Bonchev–Trinajstić information content (AvgIpc) is 2.94. The van der Waals surface area contributed by atoms with E-state index in [9.17, 15) is 0 Å². The number of para-hydroxylation sites is 1. The third-order valence-corrected chi connectivity index (χ3v) is 4.17. The highest BCUT2D eigenvalue weighted by molar-refractivity contribution is 9.10. The first kappa shape index (κ1) is 15.6. The van der Waals surface area contributed by atoms with Crippen molar-refractivity contribution in [3.05, 3.63) is 63.3 Å². The van der Waals surface area contributed by atoms with Gasteiger partial charge in [-0.2, -0.15) is 14.9 Å². The van der Waals surface area contributed by atoms with Crippen LogP contribution in [0.25, 0.3) is 11.4 Å². The quantitative estimate of drug-likeness (QED) is 0.536. The van der Waals surface area contributed by atoms with Gasteiger partial charge in [-0.15, -0.1) is 0 Å². The molecule has 116 valence electrons. The lowest BCUT2D eigenvalue weighted by Gasteiger charge is -2.05. The largest absolute Gasteiger partial charge is 0.496 e. The zero-order valence-corrected chi connectivity index (χ0v) is 14.6. The van der Waals surface area contributed by atoms with E-state index in [1.165, 1.54) is 0 Å². The minimum Gasteiger partial charge on any atom is -0.496 e. The van der Waals surface area contributed by atoms with Crippen molar-refractivity contribution in [2.75, 3.05) is 7.11 Å². The maximum absolute atomic E-state index is 5.32. The number of rotatable bonds is 4. The van der Waals surface area contributed by atoms with Crippen molar-refractivity contribution < 1.29 is 4.74 Å². The lowest BCUT2D eigenvalue weighted by Crippen LogP contribution is -1.97. The Bertz CT molecular complexity index is 916. The summed E-state index contributed by atoms with van der Waals surface area (Å²) in [6.07, 6.45) is 1.70. The molecule has 7 heteroatoms. The zero-order valence-electron chi connectivity index (χ0n) is 12.2. The Hall–Kier alpha value is -2.25. The summed E-state index contributed by atoms with van der Waals surface area (Å²) in [5, 5.41) is 11.5. The highest BCUT2D eigenvalue weighted by Gasteiger charge is 2.11. The number of H-pyrrole nitrogens is 1. The van der Waals surface area contributed by atoms with Crippen LogP contribution in [0.15, 0.2) is 58.1 Å². The van der Waals surface area contributed by atoms with Crippen LogP contribution in [0.4, 0.5) is 0 Å². The minimum atomic E-state index is 0.418. The number of hydrogen-bond donors (Lipinski definition) is 1. The average molecular weight is 389 g/mol. The predicted molar refractivity (Wildman–Crippen MR) is 96.5 cm³/mol. The van der Waals surface area contributed by atoms with E-state index in [1.807, 2.05) is 48.5 Å². The van der Waals surface area contributed by atoms with Crippen molar-refractivity contribution in [2.45, 2.75) is 0 Å². The van der Waals surface area contributed by atoms with Crippen molar-refractivity contribution in [1.82, 2.24) is 14.9 Å². The topological polar surface area (TPSA) is 55.2 Å². The third-order valence-electron chi connectivity index (χ3n) is 3.22. The summed E-state index contributed by atoms with van der Waals surface area (Å²) >= 11 is 8.80. The van der Waals surface area contributed by atoms with E-state index in [-0.39, 0.29) is 0 Å². The molecule has 0 saturated heterocycles. The minimum absolute atomic E-state index is 0.418. The van der Waals surface area contributed by atoms with Crippen LogP contribution in [0.3, 0.4) is 0 Å². The number of methoxy groups -OCH3 is 1. The number of nitrogens with one attached hydrogen (secondary N) is 1. The molecule has 3 rings (SSSR count). The van der Waals surface area contributed by atoms with Gasteiger partial charge < -0.3 is 4.74 Å². The third kappa shape index (κ3) is 3.25. The summed E-state index contributed by atoms with van der Waals surface area (Å²) in [7, 11) is 1.63. The molecule has 0 amide bonds. The van der Waals surface area contributed by atoms with Gasteiger partial charge in [-0.05, 0) is 36.5 Å². The summed E-state index contributed by atoms with van der Waals surface area (Å²) in [6.45, 7) is 0. The van der Waals surface area contributed by atoms with Crippen LogP contribution in [0.1, 0.15) is 5.56 Å². The Balaban J connectivity index is 2.05. The van der Waals surface area contributed by atoms with Crippen LogP contribution < -0.4 is 4.74 Å². The Labute approximate surface area is 146 Å². The molecule has 0 unspecified atom stereocenters. The van der Waals surface area contributed by atoms with Gasteiger partial charge in [-0.3, -0.25) is 0 Å². The van der Waals surface area contributed by atoms with Gasteiger partial charge in [0.05, 0.1) is 13.3 Å². The van der Waals surface area contributed by atoms with E-state index in [4.69, 9.17) is 17.0 Å². The van der Waals surface area contributed by atoms with E-state index in [1.54, 1.807) is 18.0 Å². The highest BCUT2D eigenvalue weighted by atomic mass is 79.9. The molecule has 1 N–H and O–H groups in total. The van der Waals surface area contributed by atoms with Crippen molar-refractivity contribution in [3.8, 4) is 17.1 Å². The second kappa shape index (κ2) is 6.89. The van der Waals surface area contributed by atoms with Crippen LogP contribution >= 0.6 is 28.1 Å². The predicted octanol–water partition coefficient (Wildman–Crippen LogP) is 4.26. The van der Waals surface area contributed by atoms with Crippen LogP contribution in [0.2, 0.25) is 0 Å². The molecule has 3 aromatic rings. The summed E-state index contributed by atoms with van der Waals surface area (Å²) in [4.78, 5) is 0. The normalized spacial score (nSPS) is 11.0. The Morgan fingerprint density at radius 1 is 1.22 bits per heavy atom. The lowest BCUT2D eigenvalue weighted by molar-refractivity contribution is 0.414. The van der Waals surface area contributed by atoms with E-state index in [2.05, 4.69) is 31.2 Å². The fourth-order valence-electron chi connectivity index (χ4n) is 2.11. The molecule has 0 radical (unpaired) electrons. The van der Waals surface area contributed by atoms with Gasteiger partial charge in [0, 0.05) is 15.6 Å². The number of halogens is 1. The van der Waals surface area contributed by atoms with Gasteiger partial charge in [0.2, 0.25) is 4.77 Å². The van der Waals surface area contributed by atoms with Crippen molar-refractivity contribution in [2.24, 2.45) is 5.10 Å². The molecule has 0 bridgehead atoms. The van der Waals surface area contributed by atoms with Gasteiger partial charge in [0.1, 0.15) is 5.75 Å². The highest BCUT2D eigenvalue weighted by Crippen LogP contribution is 2.26. The molecule has 0 atom stereocenters. The van der Waals surface area contributed by atoms with Gasteiger partial charge in [-0.25, -0.2) is 5.10 Å². The smallest absolute Gasteiger partial charge is 0.216 e. The standard InChI is InChI=1S/C16H13BrN4OS/c1-22-14-9-5-2-6-11(14)10-18-21-15(19-20-16(21)23)12-7-3-4-8-13(12)17/h2-10H,1H3,(H,20,23)/b18-10+. The molecule has 23 heavy (non-hydrogen) atoms. The molecule has 0 aliphatic rings. The fourth-order valence-corrected chi connectivity index (χ4v) is 2.75. The number of hydrogen-bond acceptors (Lipinski definition) is 4. The zero-order chi connectivity index (χ0) is 16.2. The molecule has 0 saturated carbocycles. The SMILES string of the molecule is COc1ccccc1/C=N/n1c(-c2ccccc2Br)n[nH]c1=S. The number of aromatic amines is 1. The second-order valence-electron chi connectivity index (χ2n) is 4.63. The molecule has 0 aliphatic heterocycles. The van der Waals surface area contributed by atoms with Gasteiger partial charge in [0.25, 0.3) is 0 Å². The number of ether oxygens (including phenoxy) is 1. The van der Waals surface area contributed by atoms with E-state index < -0.39 is 0 Å². The molecule has 0 spiro atoms. The van der Waals surface area contributed by atoms with Gasteiger partial charge in [0.15, 0.2) is 5.82 Å². The first-order chi connectivity index (χ1) is 11.2. The summed E-state index contributed by atoms with van der Waals surface area (Å²) < 4.78 is 8.24. The van der Waals surface area contributed by atoms with Crippen LogP contribution in [0.5, 0.6) is 5.75 Å². The lowest BCUT2D eigenvalue weighted by atomic mass is 10.2. The monoisotopic (exact) mass is 388 g/mol. The summed E-state index contributed by atoms with van der Waals surface area (Å²) in [6, 6.07) is 15.4. The van der Waals surface area contributed by atoms with Crippen LogP contribution in [-0.2, 0) is 0 Å². The van der Waals surface area contributed by atoms with E-state index in [0.717, 1.165) is 21.3 Å². The van der Waals surface area contributed by atoms with E-state index >= 15 is 0 Å². The van der Waals surface area contributed by atoms with E-state index in [0.29, 0.717) is 10.6 Å². The maximum atomic E-state index is 5.32. The molecular weight excluding hydrogens is 376 g/mol. The summed E-state index contributed by atoms with van der Waals surface area (Å²) in [5.41, 5.74) is 1.76. The molecule has 2 aromatic carbocycles. The fraction of sp³-hybridized carbons (Fsp3) is 0.0625. The van der Waals surface area contributed by atoms with Crippen molar-refractivity contribution in [1.29, 1.82) is 0 Å². The Morgan fingerprint density at radius 2 is 1.96 bits per heavy atom. The Morgan fingerprint density at radius 3 is 2.74 bits per heavy atom. The number of aromatic nitrogens is 3. The van der Waals surface area contributed by atoms with Gasteiger partial charge >= 0.3 is 0 Å². The maximum Gasteiger partial charge on any atom is 0.216 e. The molecule has 1 aromatic heterocycles. The molecule has 0 fully saturated rings. The molecular formula is C16H13BrN4OS. The van der Waals surface area contributed by atoms with Crippen LogP contribution in [0, 0.1) is 4.77 Å². The van der Waals surface area contributed by atoms with Gasteiger partial charge in [-0.1, -0.05) is 40.2 Å². The summed E-state index contributed by atoms with van der Waals surface area (Å²) in [5.74, 6) is 1.38. The molecule has 1 heterocycles.